The molecule has 53 heavy (non-hydrogen) atoms. The summed E-state index contributed by atoms with van der Waals surface area (Å²) < 4.78 is 24.6. The van der Waals surface area contributed by atoms with Crippen LogP contribution in [0.3, 0.4) is 0 Å². The molecule has 3 saturated carbocycles. The fourth-order valence-electron chi connectivity index (χ4n) is 11.1. The highest BCUT2D eigenvalue weighted by atomic mass is 79.9. The maximum Gasteiger partial charge on any atom is 0.344 e. The van der Waals surface area contributed by atoms with Gasteiger partial charge in [0.25, 0.3) is 0 Å². The first-order valence-electron chi connectivity index (χ1n) is 20.4. The van der Waals surface area contributed by atoms with Crippen molar-refractivity contribution in [3.05, 3.63) is 74.6 Å². The van der Waals surface area contributed by atoms with Crippen LogP contribution in [0.1, 0.15) is 117 Å². The second-order valence-electron chi connectivity index (χ2n) is 18.0. The van der Waals surface area contributed by atoms with Crippen LogP contribution in [0.15, 0.2) is 67.8 Å². The van der Waals surface area contributed by atoms with Crippen molar-refractivity contribution in [3.63, 3.8) is 0 Å². The molecule has 0 radical (unpaired) electrons. The minimum Gasteiger partial charge on any atom is -0.482 e. The van der Waals surface area contributed by atoms with Crippen LogP contribution in [-0.4, -0.2) is 18.7 Å². The highest BCUT2D eigenvalue weighted by Gasteiger charge is 2.56. The van der Waals surface area contributed by atoms with Crippen LogP contribution in [0.4, 0.5) is 0 Å². The molecule has 0 spiro atoms. The molecule has 0 bridgehead atoms. The minimum atomic E-state index is -0.368. The first-order valence-corrected chi connectivity index (χ1v) is 21.1. The Hall–Kier alpha value is -3.06. The molecule has 0 unspecified atom stereocenters. The highest BCUT2D eigenvalue weighted by Crippen LogP contribution is 2.65. The molecule has 286 valence electrons. The molecular weight excluding hydrogens is 728 g/mol. The zero-order valence-corrected chi connectivity index (χ0v) is 34.3. The molecule has 4 aliphatic rings. The second-order valence-corrected chi connectivity index (χ2v) is 18.9. The highest BCUT2D eigenvalue weighted by molar-refractivity contribution is 9.10. The summed E-state index contributed by atoms with van der Waals surface area (Å²) in [5, 5.41) is 0.378. The van der Waals surface area contributed by atoms with Crippen molar-refractivity contribution in [2.75, 3.05) is 6.61 Å². The van der Waals surface area contributed by atoms with Gasteiger partial charge in [-0.25, -0.2) is 4.79 Å². The molecule has 0 amide bonds. The Balaban J connectivity index is 0.932. The minimum absolute atomic E-state index is 0.120. The monoisotopic (exact) mass is 786 g/mol. The predicted molar refractivity (Wildman–Crippen MR) is 214 cm³/mol. The van der Waals surface area contributed by atoms with Gasteiger partial charge >= 0.3 is 5.97 Å². The lowest BCUT2D eigenvalue weighted by molar-refractivity contribution is -0.154. The van der Waals surface area contributed by atoms with E-state index in [-0.39, 0.29) is 35.3 Å². The van der Waals surface area contributed by atoms with Crippen LogP contribution < -0.4 is 14.9 Å². The predicted octanol–water partition coefficient (Wildman–Crippen LogP) is 12.4. The number of hydrogen-bond acceptors (Lipinski definition) is 6. The first-order chi connectivity index (χ1) is 25.3. The van der Waals surface area contributed by atoms with E-state index in [0.29, 0.717) is 33.6 Å². The van der Waals surface area contributed by atoms with E-state index in [2.05, 4.69) is 56.6 Å². The number of aryl methyl sites for hydroxylation is 1. The van der Waals surface area contributed by atoms with Gasteiger partial charge in [-0.3, -0.25) is 4.79 Å². The Morgan fingerprint density at radius 3 is 2.51 bits per heavy atom. The van der Waals surface area contributed by atoms with E-state index >= 15 is 0 Å². The SMILES string of the molecule is Cc1oc2cc(OCC(=O)O[C@@H]3CC[C@@]4(C)C(=CC[C@H]5[C@H]4CC[C@]4(C)C[C@@H]([C@H](C)CCCC(C)C)CC[C@@H]54)C3)ccc2c(=O)c1Oc1ccc(Br)cc1. The van der Waals surface area contributed by atoms with Crippen LogP contribution in [0, 0.1) is 53.3 Å². The van der Waals surface area contributed by atoms with Crippen LogP contribution in [0.2, 0.25) is 0 Å². The van der Waals surface area contributed by atoms with Crippen LogP contribution >= 0.6 is 15.9 Å². The molecule has 1 aromatic heterocycles. The van der Waals surface area contributed by atoms with E-state index < -0.39 is 0 Å². The lowest BCUT2D eigenvalue weighted by atomic mass is 9.44. The molecule has 3 fully saturated rings. The van der Waals surface area contributed by atoms with Crippen LogP contribution in [-0.2, 0) is 9.53 Å². The maximum absolute atomic E-state index is 13.3. The molecule has 4 aliphatic carbocycles. The largest absolute Gasteiger partial charge is 0.482 e. The maximum atomic E-state index is 13.3. The Morgan fingerprint density at radius 2 is 1.74 bits per heavy atom. The number of hydrogen-bond donors (Lipinski definition) is 0. The molecule has 0 aliphatic heterocycles. The summed E-state index contributed by atoms with van der Waals surface area (Å²) in [6.45, 7) is 13.9. The van der Waals surface area contributed by atoms with Gasteiger partial charge in [0.05, 0.1) is 5.39 Å². The molecule has 2 aromatic carbocycles. The summed E-state index contributed by atoms with van der Waals surface area (Å²) >= 11 is 3.41. The molecular formula is C46H59BrO6. The van der Waals surface area contributed by atoms with Gasteiger partial charge in [0, 0.05) is 17.0 Å². The third-order valence-corrected chi connectivity index (χ3v) is 14.6. The second kappa shape index (κ2) is 15.6. The van der Waals surface area contributed by atoms with E-state index in [1.54, 1.807) is 37.3 Å². The average molecular weight is 788 g/mol. The molecule has 7 rings (SSSR count). The van der Waals surface area contributed by atoms with Crippen LogP contribution in [0.25, 0.3) is 11.0 Å². The summed E-state index contributed by atoms with van der Waals surface area (Å²) in [5.41, 5.74) is 2.32. The van der Waals surface area contributed by atoms with Crippen molar-refractivity contribution in [1.82, 2.24) is 0 Å². The van der Waals surface area contributed by atoms with Crippen molar-refractivity contribution in [1.29, 1.82) is 0 Å². The average Bonchev–Trinajstić information content (AvgIpc) is 3.12. The van der Waals surface area contributed by atoms with Crippen molar-refractivity contribution in [2.24, 2.45) is 46.3 Å². The number of carbonyl (C=O) groups excluding carboxylic acids is 1. The van der Waals surface area contributed by atoms with Crippen molar-refractivity contribution in [2.45, 2.75) is 125 Å². The zero-order chi connectivity index (χ0) is 37.5. The van der Waals surface area contributed by atoms with E-state index in [4.69, 9.17) is 18.6 Å². The van der Waals surface area contributed by atoms with E-state index in [9.17, 15) is 9.59 Å². The number of benzene rings is 2. The molecule has 3 aromatic rings. The third kappa shape index (κ3) is 8.02. The Bertz CT molecular complexity index is 1880. The van der Waals surface area contributed by atoms with Crippen molar-refractivity contribution in [3.8, 4) is 17.2 Å². The number of fused-ring (bicyclic) bond motifs is 6. The first kappa shape index (κ1) is 38.2. The summed E-state index contributed by atoms with van der Waals surface area (Å²) in [5.74, 6) is 6.03. The van der Waals surface area contributed by atoms with E-state index in [1.807, 2.05) is 12.1 Å². The summed E-state index contributed by atoms with van der Waals surface area (Å²) in [6.07, 6.45) is 17.5. The Morgan fingerprint density at radius 1 is 0.962 bits per heavy atom. The summed E-state index contributed by atoms with van der Waals surface area (Å²) in [4.78, 5) is 26.3. The van der Waals surface area contributed by atoms with E-state index in [1.165, 1.54) is 63.4 Å². The fraction of sp³-hybridized carbons (Fsp3) is 0.609. The Labute approximate surface area is 324 Å². The quantitative estimate of drug-likeness (QED) is 0.142. The van der Waals surface area contributed by atoms with Crippen molar-refractivity contribution >= 4 is 32.9 Å². The van der Waals surface area contributed by atoms with Crippen molar-refractivity contribution < 1.29 is 23.4 Å². The molecule has 0 N–H and O–H groups in total. The lowest BCUT2D eigenvalue weighted by Crippen LogP contribution is -2.52. The normalized spacial score (nSPS) is 30.1. The number of ether oxygens (including phenoxy) is 3. The zero-order valence-electron chi connectivity index (χ0n) is 32.7. The number of rotatable bonds is 11. The van der Waals surface area contributed by atoms with Gasteiger partial charge in [0.2, 0.25) is 11.2 Å². The lowest BCUT2D eigenvalue weighted by Gasteiger charge is -2.61. The molecule has 0 saturated heterocycles. The van der Waals surface area contributed by atoms with Gasteiger partial charge < -0.3 is 18.6 Å². The Kier molecular flexibility index (Phi) is 11.2. The molecule has 8 atom stereocenters. The number of esters is 1. The number of halogens is 1. The molecule has 7 heteroatoms. The third-order valence-electron chi connectivity index (χ3n) is 14.1. The van der Waals surface area contributed by atoms with Crippen LogP contribution in [0.5, 0.6) is 17.2 Å². The standard InChI is InChI=1S/C46H59BrO6/c1-28(2)8-7-9-29(3)31-10-19-39-37-17-11-32-24-36(20-23-46(32,6)40(37)21-22-45(39,5)26-31)52-42(48)27-50-35-16-18-38-41(25-35)51-30(4)44(43(38)49)53-34-14-12-33(47)13-15-34/h11-16,18,25,28-29,31,36-37,39-40H,7-10,17,19-24,26-27H2,1-6H3/t29-,31+,36-,37-,39+,40-,45-,46+/m1/s1. The summed E-state index contributed by atoms with van der Waals surface area (Å²) in [7, 11) is 0. The number of allylic oxidation sites excluding steroid dienone is 1. The number of carbonyl (C=O) groups is 1. The smallest absolute Gasteiger partial charge is 0.344 e. The van der Waals surface area contributed by atoms with Gasteiger partial charge in [-0.15, -0.1) is 0 Å². The van der Waals surface area contributed by atoms with Gasteiger partial charge in [0.1, 0.15) is 28.9 Å². The fourth-order valence-corrected chi connectivity index (χ4v) is 11.3. The van der Waals surface area contributed by atoms with Gasteiger partial charge in [-0.1, -0.05) is 81.5 Å². The van der Waals surface area contributed by atoms with Gasteiger partial charge in [0.15, 0.2) is 6.61 Å². The van der Waals surface area contributed by atoms with Gasteiger partial charge in [-0.2, -0.15) is 0 Å². The molecule has 6 nitrogen and oxygen atoms in total. The van der Waals surface area contributed by atoms with E-state index in [0.717, 1.165) is 59.2 Å². The topological polar surface area (TPSA) is 75.0 Å². The summed E-state index contributed by atoms with van der Waals surface area (Å²) in [6, 6.07) is 12.2. The van der Waals surface area contributed by atoms with Gasteiger partial charge in [-0.05, 0) is 141 Å². The molecule has 1 heterocycles.